The van der Waals surface area contributed by atoms with Crippen molar-refractivity contribution >= 4 is 6.03 Å². The summed E-state index contributed by atoms with van der Waals surface area (Å²) in [5.41, 5.74) is 2.49. The molecule has 0 aliphatic rings. The van der Waals surface area contributed by atoms with Crippen molar-refractivity contribution in [2.45, 2.75) is 6.92 Å². The van der Waals surface area contributed by atoms with E-state index in [1.54, 1.807) is 7.05 Å². The van der Waals surface area contributed by atoms with Crippen LogP contribution >= 0.6 is 0 Å². The van der Waals surface area contributed by atoms with Gasteiger partial charge in [0, 0.05) is 26.7 Å². The maximum absolute atomic E-state index is 11.5. The van der Waals surface area contributed by atoms with Gasteiger partial charge in [0.1, 0.15) is 6.73 Å². The van der Waals surface area contributed by atoms with E-state index in [0.717, 1.165) is 0 Å². The van der Waals surface area contributed by atoms with Gasteiger partial charge in [-0.2, -0.15) is 0 Å². The van der Waals surface area contributed by atoms with Crippen molar-refractivity contribution in [2.24, 2.45) is 0 Å². The zero-order chi connectivity index (χ0) is 10.3. The van der Waals surface area contributed by atoms with Crippen LogP contribution in [0, 0.1) is 12.5 Å². The third kappa shape index (κ3) is 3.67. The van der Waals surface area contributed by atoms with Crippen LogP contribution < -0.4 is 5.43 Å². The van der Waals surface area contributed by atoms with Gasteiger partial charge in [0.05, 0.1) is 0 Å². The Morgan fingerprint density at radius 3 is 2.69 bits per heavy atom. The van der Waals surface area contributed by atoms with Crippen LogP contribution in [-0.4, -0.2) is 43.4 Å². The van der Waals surface area contributed by atoms with Crippen molar-refractivity contribution in [1.82, 2.24) is 15.3 Å². The first-order valence-electron chi connectivity index (χ1n) is 3.90. The quantitative estimate of drug-likeness (QED) is 0.291. The number of nitrogens with zero attached hydrogens (tertiary/aromatic N) is 2. The largest absolute Gasteiger partial charge is 0.364 e. The first kappa shape index (κ1) is 11.6. The Balaban J connectivity index is 4.12. The number of hydrazine groups is 1. The number of hydrogen-bond acceptors (Lipinski definition) is 3. The first-order chi connectivity index (χ1) is 6.17. The van der Waals surface area contributed by atoms with E-state index in [4.69, 9.17) is 11.2 Å². The fraction of sp³-hybridized carbons (Fsp3) is 0.625. The molecule has 0 spiro atoms. The summed E-state index contributed by atoms with van der Waals surface area (Å²) in [6.45, 7) is 2.56. The smallest absolute Gasteiger partial charge is 0.340 e. The van der Waals surface area contributed by atoms with Crippen LogP contribution in [0.5, 0.6) is 0 Å². The molecule has 0 aromatic rings. The summed E-state index contributed by atoms with van der Waals surface area (Å²) < 4.78 is 4.80. The number of methoxy groups -OCH3 is 1. The van der Waals surface area contributed by atoms with Gasteiger partial charge in [0.15, 0.2) is 0 Å². The van der Waals surface area contributed by atoms with Crippen molar-refractivity contribution in [3.8, 4) is 12.5 Å². The number of urea groups is 1. The molecule has 0 unspecified atom stereocenters. The Bertz CT molecular complexity index is 200. The Morgan fingerprint density at radius 2 is 2.31 bits per heavy atom. The molecule has 13 heavy (non-hydrogen) atoms. The van der Waals surface area contributed by atoms with Gasteiger partial charge in [0.2, 0.25) is 0 Å². The van der Waals surface area contributed by atoms with Gasteiger partial charge in [-0.25, -0.2) is 9.80 Å². The van der Waals surface area contributed by atoms with Gasteiger partial charge in [-0.3, -0.25) is 5.43 Å². The molecule has 0 saturated carbocycles. The number of terminal acetylenes is 1. The number of hydrogen-bond donors (Lipinski definition) is 1. The van der Waals surface area contributed by atoms with E-state index in [1.165, 1.54) is 17.0 Å². The van der Waals surface area contributed by atoms with Crippen LogP contribution in [0.1, 0.15) is 6.92 Å². The van der Waals surface area contributed by atoms with E-state index in [-0.39, 0.29) is 12.8 Å². The van der Waals surface area contributed by atoms with E-state index in [1.807, 2.05) is 6.92 Å². The van der Waals surface area contributed by atoms with E-state index in [2.05, 4.69) is 11.5 Å². The van der Waals surface area contributed by atoms with Crippen LogP contribution in [0.15, 0.2) is 0 Å². The molecular formula is C8H15N3O2. The average molecular weight is 185 g/mol. The van der Waals surface area contributed by atoms with E-state index in [0.29, 0.717) is 6.54 Å². The third-order valence-corrected chi connectivity index (χ3v) is 1.40. The lowest BCUT2D eigenvalue weighted by Gasteiger charge is -2.25. The predicted molar refractivity (Wildman–Crippen MR) is 49.4 cm³/mol. The summed E-state index contributed by atoms with van der Waals surface area (Å²) in [5.74, 6) is 0. The molecular weight excluding hydrogens is 170 g/mol. The monoisotopic (exact) mass is 185 g/mol. The second-order valence-electron chi connectivity index (χ2n) is 2.40. The minimum absolute atomic E-state index is 0.220. The van der Waals surface area contributed by atoms with Crippen LogP contribution in [0.3, 0.4) is 0 Å². The molecule has 5 nitrogen and oxygen atoms in total. The van der Waals surface area contributed by atoms with Crippen LogP contribution in [0.2, 0.25) is 0 Å². The number of nitrogens with one attached hydrogen (secondary N) is 1. The highest BCUT2D eigenvalue weighted by atomic mass is 16.5. The van der Waals surface area contributed by atoms with Gasteiger partial charge >= 0.3 is 6.03 Å². The molecule has 0 atom stereocenters. The Labute approximate surface area is 78.6 Å². The van der Waals surface area contributed by atoms with Crippen molar-refractivity contribution in [2.75, 3.05) is 27.4 Å². The topological polar surface area (TPSA) is 44.8 Å². The minimum Gasteiger partial charge on any atom is -0.364 e. The van der Waals surface area contributed by atoms with Crippen molar-refractivity contribution < 1.29 is 9.53 Å². The highest BCUT2D eigenvalue weighted by molar-refractivity contribution is 5.73. The molecule has 0 radical (unpaired) electrons. The molecule has 1 N–H and O–H groups in total. The van der Waals surface area contributed by atoms with Gasteiger partial charge in [-0.05, 0) is 6.92 Å². The molecule has 0 heterocycles. The lowest BCUT2D eigenvalue weighted by molar-refractivity contribution is 0.0759. The van der Waals surface area contributed by atoms with Gasteiger partial charge in [-0.15, -0.1) is 0 Å². The van der Waals surface area contributed by atoms with Crippen LogP contribution in [0.4, 0.5) is 4.79 Å². The molecule has 0 aromatic carbocycles. The van der Waals surface area contributed by atoms with Gasteiger partial charge in [-0.1, -0.05) is 6.42 Å². The second-order valence-corrected chi connectivity index (χ2v) is 2.40. The summed E-state index contributed by atoms with van der Waals surface area (Å²) in [4.78, 5) is 12.9. The molecule has 0 fully saturated rings. The van der Waals surface area contributed by atoms with Crippen molar-refractivity contribution in [3.63, 3.8) is 0 Å². The summed E-state index contributed by atoms with van der Waals surface area (Å²) in [6, 6.07) is 1.96. The molecule has 0 aromatic heterocycles. The van der Waals surface area contributed by atoms with Crippen LogP contribution in [0.25, 0.3) is 0 Å². The third-order valence-electron chi connectivity index (χ3n) is 1.40. The molecule has 2 amide bonds. The number of carbonyl (C=O) groups is 1. The van der Waals surface area contributed by atoms with Gasteiger partial charge < -0.3 is 9.64 Å². The molecule has 0 saturated heterocycles. The fourth-order valence-corrected chi connectivity index (χ4v) is 0.795. The highest BCUT2D eigenvalue weighted by Crippen LogP contribution is 1.92. The van der Waals surface area contributed by atoms with Crippen molar-refractivity contribution in [3.05, 3.63) is 0 Å². The van der Waals surface area contributed by atoms with E-state index < -0.39 is 0 Å². The summed E-state index contributed by atoms with van der Waals surface area (Å²) >= 11 is 0. The van der Waals surface area contributed by atoms with E-state index >= 15 is 0 Å². The van der Waals surface area contributed by atoms with E-state index in [9.17, 15) is 4.79 Å². The van der Waals surface area contributed by atoms with Gasteiger partial charge in [0.25, 0.3) is 0 Å². The molecule has 5 heteroatoms. The van der Waals surface area contributed by atoms with Crippen LogP contribution in [-0.2, 0) is 4.74 Å². The lowest BCUT2D eigenvalue weighted by Crippen LogP contribution is -2.47. The number of carbonyl (C=O) groups excluding carboxylic acids is 1. The average Bonchev–Trinajstić information content (AvgIpc) is 2.13. The lowest BCUT2D eigenvalue weighted by atomic mass is 10.6. The summed E-state index contributed by atoms with van der Waals surface area (Å²) in [5, 5.41) is 1.32. The maximum Gasteiger partial charge on any atom is 0.340 e. The normalized spacial score (nSPS) is 8.77. The standard InChI is InChI=1S/C8H15N3O2/c1-5-9-11(6-2)8(12)10(3)7-13-4/h1,9H,6-7H2,2-4H3. The number of rotatable bonds is 4. The number of ether oxygens (including phenoxy) is 1. The summed E-state index contributed by atoms with van der Waals surface area (Å²) in [6.07, 6.45) is 5.01. The SMILES string of the molecule is C#CNN(CC)C(=O)N(C)COC. The molecule has 74 valence electrons. The Hall–Kier alpha value is -1.41. The zero-order valence-corrected chi connectivity index (χ0v) is 8.20. The Kier molecular flexibility index (Phi) is 5.48. The highest BCUT2D eigenvalue weighted by Gasteiger charge is 2.14. The minimum atomic E-state index is -0.220. The second kappa shape index (κ2) is 6.14. The first-order valence-corrected chi connectivity index (χ1v) is 3.90. The fourth-order valence-electron chi connectivity index (χ4n) is 0.795. The molecule has 0 rings (SSSR count). The van der Waals surface area contributed by atoms with Crippen molar-refractivity contribution in [1.29, 1.82) is 0 Å². The molecule has 0 aliphatic heterocycles. The number of amides is 2. The molecule has 0 aliphatic carbocycles. The zero-order valence-electron chi connectivity index (χ0n) is 8.20. The molecule has 0 bridgehead atoms. The Morgan fingerprint density at radius 1 is 1.69 bits per heavy atom. The maximum atomic E-state index is 11.5. The predicted octanol–water partition coefficient (Wildman–Crippen LogP) is 0.0593. The summed E-state index contributed by atoms with van der Waals surface area (Å²) in [7, 11) is 3.15.